The molecule has 0 bridgehead atoms. The molecule has 0 spiro atoms. The molecule has 7 heteroatoms. The zero-order valence-electron chi connectivity index (χ0n) is 8.24. The van der Waals surface area contributed by atoms with Gasteiger partial charge in [-0.05, 0) is 6.92 Å². The Kier molecular flexibility index (Phi) is 3.86. The van der Waals surface area contributed by atoms with Crippen molar-refractivity contribution in [1.29, 1.82) is 0 Å². The van der Waals surface area contributed by atoms with Gasteiger partial charge < -0.3 is 30.5 Å². The van der Waals surface area contributed by atoms with Crippen molar-refractivity contribution in [2.24, 2.45) is 5.73 Å². The molecule has 1 amide bonds. The van der Waals surface area contributed by atoms with Crippen molar-refractivity contribution in [1.82, 2.24) is 0 Å². The van der Waals surface area contributed by atoms with Crippen molar-refractivity contribution >= 4 is 6.09 Å². The minimum Gasteiger partial charge on any atom is -0.441 e. The largest absolute Gasteiger partial charge is 0.441 e. The van der Waals surface area contributed by atoms with Gasteiger partial charge in [-0.15, -0.1) is 0 Å². The normalized spacial score (nSPS) is 41.2. The number of ether oxygens (including phenoxy) is 2. The van der Waals surface area contributed by atoms with Gasteiger partial charge in [0, 0.05) is 0 Å². The van der Waals surface area contributed by atoms with Gasteiger partial charge in [-0.25, -0.2) is 4.79 Å². The number of amides is 1. The Balaban J connectivity index is 2.74. The molecule has 15 heavy (non-hydrogen) atoms. The maximum atomic E-state index is 10.5. The summed E-state index contributed by atoms with van der Waals surface area (Å²) in [7, 11) is 0. The molecule has 1 unspecified atom stereocenters. The molecule has 0 saturated carbocycles. The summed E-state index contributed by atoms with van der Waals surface area (Å²) < 4.78 is 9.66. The van der Waals surface area contributed by atoms with Gasteiger partial charge in [-0.2, -0.15) is 0 Å². The fourth-order valence-electron chi connectivity index (χ4n) is 1.54. The summed E-state index contributed by atoms with van der Waals surface area (Å²) in [4.78, 5) is 10.5. The van der Waals surface area contributed by atoms with Crippen LogP contribution in [0.3, 0.4) is 0 Å². The number of aliphatic hydroxyl groups is 3. The van der Waals surface area contributed by atoms with E-state index in [1.165, 1.54) is 6.92 Å². The van der Waals surface area contributed by atoms with Crippen molar-refractivity contribution in [3.8, 4) is 0 Å². The molecule has 1 rings (SSSR count). The Hall–Kier alpha value is -0.890. The van der Waals surface area contributed by atoms with Crippen LogP contribution in [0.5, 0.6) is 0 Å². The van der Waals surface area contributed by atoms with E-state index in [0.29, 0.717) is 0 Å². The fraction of sp³-hybridized carbons (Fsp3) is 0.875. The quantitative estimate of drug-likeness (QED) is 0.426. The van der Waals surface area contributed by atoms with Gasteiger partial charge in [0.15, 0.2) is 6.10 Å². The van der Waals surface area contributed by atoms with Crippen LogP contribution in [-0.4, -0.2) is 58.5 Å². The topological polar surface area (TPSA) is 122 Å². The molecular formula is C8H15NO6. The number of carbonyl (C=O) groups excluding carboxylic acids is 1. The lowest BCUT2D eigenvalue weighted by Crippen LogP contribution is -2.59. The third-order valence-corrected chi connectivity index (χ3v) is 2.36. The fourth-order valence-corrected chi connectivity index (χ4v) is 1.54. The monoisotopic (exact) mass is 221 g/mol. The van der Waals surface area contributed by atoms with Crippen LogP contribution in [0.4, 0.5) is 4.79 Å². The first-order valence-corrected chi connectivity index (χ1v) is 4.56. The number of hydrogen-bond donors (Lipinski definition) is 4. The van der Waals surface area contributed by atoms with Gasteiger partial charge in [0.1, 0.15) is 18.3 Å². The maximum absolute atomic E-state index is 10.5. The average molecular weight is 221 g/mol. The summed E-state index contributed by atoms with van der Waals surface area (Å²) >= 11 is 0. The van der Waals surface area contributed by atoms with E-state index >= 15 is 0 Å². The summed E-state index contributed by atoms with van der Waals surface area (Å²) in [6.45, 7) is 1.10. The number of carbonyl (C=O) groups is 1. The van der Waals surface area contributed by atoms with Crippen molar-refractivity contribution in [2.45, 2.75) is 37.4 Å². The Morgan fingerprint density at radius 3 is 2.53 bits per heavy atom. The second kappa shape index (κ2) is 4.75. The van der Waals surface area contributed by atoms with E-state index in [0.717, 1.165) is 0 Å². The Labute approximate surface area is 86.4 Å². The van der Waals surface area contributed by atoms with E-state index in [-0.39, 0.29) is 0 Å². The molecule has 5 atom stereocenters. The number of aliphatic hydroxyl groups excluding tert-OH is 3. The first-order chi connectivity index (χ1) is 6.97. The third-order valence-electron chi connectivity index (χ3n) is 2.36. The van der Waals surface area contributed by atoms with Crippen molar-refractivity contribution in [2.75, 3.05) is 6.61 Å². The third kappa shape index (κ3) is 2.57. The van der Waals surface area contributed by atoms with Crippen molar-refractivity contribution in [3.05, 3.63) is 0 Å². The summed E-state index contributed by atoms with van der Waals surface area (Å²) in [5, 5.41) is 28.0. The molecule has 1 aliphatic heterocycles. The van der Waals surface area contributed by atoms with E-state index in [1.807, 2.05) is 0 Å². The lowest BCUT2D eigenvalue weighted by Gasteiger charge is -2.40. The van der Waals surface area contributed by atoms with Gasteiger partial charge in [0.05, 0.1) is 12.7 Å². The molecule has 0 aromatic heterocycles. The average Bonchev–Trinajstić information content (AvgIpc) is 2.18. The molecule has 0 aliphatic carbocycles. The van der Waals surface area contributed by atoms with Crippen LogP contribution < -0.4 is 5.73 Å². The van der Waals surface area contributed by atoms with Crippen LogP contribution in [-0.2, 0) is 9.47 Å². The molecule has 1 aliphatic rings. The van der Waals surface area contributed by atoms with Crippen LogP contribution in [0.15, 0.2) is 0 Å². The predicted octanol–water partition coefficient (Wildman–Crippen LogP) is -2.05. The van der Waals surface area contributed by atoms with Crippen LogP contribution in [0, 0.1) is 0 Å². The summed E-state index contributed by atoms with van der Waals surface area (Å²) in [5.74, 6) is 0. The molecule has 1 fully saturated rings. The molecular weight excluding hydrogens is 206 g/mol. The highest BCUT2D eigenvalue weighted by atomic mass is 16.6. The molecule has 88 valence electrons. The van der Waals surface area contributed by atoms with Gasteiger partial charge in [0.2, 0.25) is 0 Å². The number of hydrogen-bond acceptors (Lipinski definition) is 6. The lowest BCUT2D eigenvalue weighted by atomic mass is 9.96. The molecule has 0 radical (unpaired) electrons. The SMILES string of the molecule is CC1O[C@H](CO)[C@@H](O)[C@H](OC(N)=O)[C@@H]1O. The zero-order valence-corrected chi connectivity index (χ0v) is 8.24. The van der Waals surface area contributed by atoms with Crippen molar-refractivity contribution in [3.63, 3.8) is 0 Å². The standard InChI is InChI=1S/C8H15NO6/c1-3-5(11)7(15-8(9)13)6(12)4(2-10)14-3/h3-7,10-12H,2H2,1H3,(H2,9,13)/t3?,4-,5-,6-,7-/m1/s1. The number of primary amides is 1. The highest BCUT2D eigenvalue weighted by Gasteiger charge is 2.44. The van der Waals surface area contributed by atoms with Crippen LogP contribution >= 0.6 is 0 Å². The predicted molar refractivity (Wildman–Crippen MR) is 47.9 cm³/mol. The summed E-state index contributed by atoms with van der Waals surface area (Å²) in [5.41, 5.74) is 4.79. The minimum atomic E-state index is -1.30. The maximum Gasteiger partial charge on any atom is 0.404 e. The van der Waals surface area contributed by atoms with E-state index in [1.54, 1.807) is 0 Å². The van der Waals surface area contributed by atoms with Gasteiger partial charge in [-0.3, -0.25) is 0 Å². The van der Waals surface area contributed by atoms with Gasteiger partial charge >= 0.3 is 6.09 Å². The molecule has 0 aromatic carbocycles. The van der Waals surface area contributed by atoms with Gasteiger partial charge in [0.25, 0.3) is 0 Å². The number of rotatable bonds is 2. The highest BCUT2D eigenvalue weighted by molar-refractivity contribution is 5.65. The summed E-state index contributed by atoms with van der Waals surface area (Å²) in [6.07, 6.45) is -6.29. The van der Waals surface area contributed by atoms with E-state index in [2.05, 4.69) is 4.74 Å². The van der Waals surface area contributed by atoms with Crippen LogP contribution in [0.1, 0.15) is 6.92 Å². The Bertz CT molecular complexity index is 235. The van der Waals surface area contributed by atoms with Gasteiger partial charge in [-0.1, -0.05) is 0 Å². The molecule has 5 N–H and O–H groups in total. The van der Waals surface area contributed by atoms with Crippen LogP contribution in [0.2, 0.25) is 0 Å². The second-order valence-corrected chi connectivity index (χ2v) is 3.44. The first-order valence-electron chi connectivity index (χ1n) is 4.56. The number of nitrogens with two attached hydrogens (primary N) is 1. The Morgan fingerprint density at radius 2 is 2.07 bits per heavy atom. The smallest absolute Gasteiger partial charge is 0.404 e. The minimum absolute atomic E-state index is 0.434. The van der Waals surface area contributed by atoms with Crippen molar-refractivity contribution < 1.29 is 29.6 Å². The zero-order chi connectivity index (χ0) is 11.6. The van der Waals surface area contributed by atoms with E-state index in [4.69, 9.17) is 15.6 Å². The van der Waals surface area contributed by atoms with E-state index < -0.39 is 43.2 Å². The van der Waals surface area contributed by atoms with E-state index in [9.17, 15) is 15.0 Å². The second-order valence-electron chi connectivity index (χ2n) is 3.44. The highest BCUT2D eigenvalue weighted by Crippen LogP contribution is 2.23. The molecule has 1 heterocycles. The summed E-state index contributed by atoms with van der Waals surface area (Å²) in [6, 6.07) is 0. The Morgan fingerprint density at radius 1 is 1.47 bits per heavy atom. The molecule has 0 aromatic rings. The first kappa shape index (κ1) is 12.2. The lowest BCUT2D eigenvalue weighted by molar-refractivity contribution is -0.223. The molecule has 1 saturated heterocycles. The van der Waals surface area contributed by atoms with Crippen LogP contribution in [0.25, 0.3) is 0 Å². The molecule has 7 nitrogen and oxygen atoms in total.